The molecule has 3 aromatic heterocycles. The summed E-state index contributed by atoms with van der Waals surface area (Å²) in [4.78, 5) is 52.2. The molecule has 0 aliphatic carbocycles. The molecule has 1 amide bonds. The number of anilines is 1. The van der Waals surface area contributed by atoms with Crippen molar-refractivity contribution in [3.8, 4) is 16.9 Å². The predicted molar refractivity (Wildman–Crippen MR) is 169 cm³/mol. The maximum atomic E-state index is 15.0. The number of nitrogens with zero attached hydrogens (tertiary/aromatic N) is 8. The minimum absolute atomic E-state index is 0.0678. The van der Waals surface area contributed by atoms with E-state index in [1.165, 1.54) is 23.0 Å². The normalized spacial score (nSPS) is 15.2. The number of hydrogen-bond acceptors (Lipinski definition) is 7. The lowest BCUT2D eigenvalue weighted by molar-refractivity contribution is -0.128. The zero-order valence-electron chi connectivity index (χ0n) is 25.0. The second kappa shape index (κ2) is 12.5. The maximum Gasteiger partial charge on any atom is 0.355 e. The van der Waals surface area contributed by atoms with Crippen LogP contribution < -0.4 is 10.6 Å². The number of carbonyl (C=O) groups is 1. The third-order valence-corrected chi connectivity index (χ3v) is 7.96. The summed E-state index contributed by atoms with van der Waals surface area (Å²) in [5.74, 6) is -0.614. The maximum absolute atomic E-state index is 15.0. The van der Waals surface area contributed by atoms with Gasteiger partial charge in [0.15, 0.2) is 5.65 Å². The summed E-state index contributed by atoms with van der Waals surface area (Å²) in [7, 11) is 0. The molecule has 0 unspecified atom stereocenters. The Labute approximate surface area is 259 Å². The second-order valence-corrected chi connectivity index (χ2v) is 11.6. The zero-order chi connectivity index (χ0) is 31.7. The quantitative estimate of drug-likeness (QED) is 0.203. The molecule has 1 fully saturated rings. The van der Waals surface area contributed by atoms with Gasteiger partial charge in [-0.25, -0.2) is 35.3 Å². The molecule has 1 atom stereocenters. The number of hydrogen-bond donors (Lipinski definition) is 0. The van der Waals surface area contributed by atoms with Gasteiger partial charge in [-0.2, -0.15) is 4.98 Å². The molecule has 1 saturated heterocycles. The Morgan fingerprint density at radius 3 is 2.45 bits per heavy atom. The monoisotopic (exact) mass is 614 g/mol. The largest absolute Gasteiger partial charge is 0.355 e. The van der Waals surface area contributed by atoms with E-state index >= 15 is 4.39 Å². The van der Waals surface area contributed by atoms with Gasteiger partial charge in [-0.15, -0.1) is 0 Å². The van der Waals surface area contributed by atoms with Crippen molar-refractivity contribution < 1.29 is 9.18 Å². The molecule has 44 heavy (non-hydrogen) atoms. The van der Waals surface area contributed by atoms with E-state index < -0.39 is 17.5 Å². The number of halogens is 2. The highest BCUT2D eigenvalue weighted by molar-refractivity contribution is 6.33. The first kappa shape index (κ1) is 30.8. The van der Waals surface area contributed by atoms with E-state index in [-0.39, 0.29) is 52.8 Å². The molecule has 0 bridgehead atoms. The van der Waals surface area contributed by atoms with Gasteiger partial charge in [0.2, 0.25) is 12.5 Å². The number of fused-ring (bicyclic) bond motifs is 1. The molecule has 4 aromatic rings. The first-order valence-corrected chi connectivity index (χ1v) is 14.7. The van der Waals surface area contributed by atoms with E-state index in [9.17, 15) is 9.59 Å². The summed E-state index contributed by atoms with van der Waals surface area (Å²) >= 11 is 6.79. The number of rotatable bonds is 7. The van der Waals surface area contributed by atoms with Crippen LogP contribution in [0.3, 0.4) is 0 Å². The van der Waals surface area contributed by atoms with Crippen LogP contribution in [0.5, 0.6) is 0 Å². The summed E-state index contributed by atoms with van der Waals surface area (Å²) in [6.07, 6.45) is 2.72. The number of benzene rings is 1. The summed E-state index contributed by atoms with van der Waals surface area (Å²) in [5.41, 5.74) is 1.71. The van der Waals surface area contributed by atoms with Crippen molar-refractivity contribution in [1.29, 1.82) is 0 Å². The molecule has 1 aliphatic rings. The van der Waals surface area contributed by atoms with Crippen LogP contribution in [0.4, 0.5) is 10.2 Å². The number of pyridine rings is 1. The smallest absolute Gasteiger partial charge is 0.352 e. The van der Waals surface area contributed by atoms with Crippen molar-refractivity contribution in [2.45, 2.75) is 45.6 Å². The van der Waals surface area contributed by atoms with E-state index in [1.54, 1.807) is 29.2 Å². The Balaban J connectivity index is 1.83. The van der Waals surface area contributed by atoms with Gasteiger partial charge in [0.05, 0.1) is 33.2 Å². The molecule has 0 spiro atoms. The molecule has 0 radical (unpaired) electrons. The van der Waals surface area contributed by atoms with Gasteiger partial charge in [0, 0.05) is 25.2 Å². The van der Waals surface area contributed by atoms with Crippen molar-refractivity contribution in [2.75, 3.05) is 31.1 Å². The molecular formula is C32H32ClFN8O2. The van der Waals surface area contributed by atoms with E-state index in [1.807, 2.05) is 32.6 Å². The fourth-order valence-electron chi connectivity index (χ4n) is 5.59. The highest BCUT2D eigenvalue weighted by atomic mass is 35.5. The number of aromatic nitrogens is 5. The van der Waals surface area contributed by atoms with Crippen LogP contribution >= 0.6 is 11.6 Å². The van der Waals surface area contributed by atoms with Crippen LogP contribution in [0.15, 0.2) is 54.1 Å². The highest BCUT2D eigenvalue weighted by Gasteiger charge is 2.34. The average molecular weight is 615 g/mol. The number of amides is 1. The molecule has 1 aliphatic heterocycles. The first-order valence-electron chi connectivity index (χ1n) is 14.3. The first-order chi connectivity index (χ1) is 21.1. The molecule has 1 aromatic carbocycles. The Morgan fingerprint density at radius 1 is 1.16 bits per heavy atom. The Morgan fingerprint density at radius 2 is 1.84 bits per heavy atom. The van der Waals surface area contributed by atoms with Crippen molar-refractivity contribution in [3.05, 3.63) is 93.4 Å². The summed E-state index contributed by atoms with van der Waals surface area (Å²) in [6.45, 7) is 19.9. The number of carbonyl (C=O) groups excluding carboxylic acids is 1. The fourth-order valence-corrected chi connectivity index (χ4v) is 5.84. The van der Waals surface area contributed by atoms with Gasteiger partial charge in [-0.1, -0.05) is 58.0 Å². The van der Waals surface area contributed by atoms with Crippen molar-refractivity contribution in [2.24, 2.45) is 0 Å². The summed E-state index contributed by atoms with van der Waals surface area (Å²) in [5, 5.41) is 0.625. The summed E-state index contributed by atoms with van der Waals surface area (Å²) < 4.78 is 16.4. The SMILES string of the molecule is [C-]#[N+]C[C@H]1CN(c2nc(=O)n(-c3c(C(C)C)ncnc3C(C)C)c3nc(-c4ccccc4F)c(Cl)cc23)CCN1C(=O)C=C. The van der Waals surface area contributed by atoms with E-state index in [0.29, 0.717) is 41.4 Å². The lowest BCUT2D eigenvalue weighted by Gasteiger charge is -2.39. The van der Waals surface area contributed by atoms with Crippen LogP contribution in [0.2, 0.25) is 5.02 Å². The van der Waals surface area contributed by atoms with Gasteiger partial charge in [-0.3, -0.25) is 4.79 Å². The Kier molecular flexibility index (Phi) is 8.74. The van der Waals surface area contributed by atoms with Gasteiger partial charge >= 0.3 is 5.69 Å². The lowest BCUT2D eigenvalue weighted by Crippen LogP contribution is -2.56. The van der Waals surface area contributed by atoms with Crippen LogP contribution in [0, 0.1) is 12.4 Å². The van der Waals surface area contributed by atoms with Gasteiger partial charge in [0.1, 0.15) is 24.0 Å². The molecule has 5 rings (SSSR count). The summed E-state index contributed by atoms with van der Waals surface area (Å²) in [6, 6.07) is 7.36. The number of piperazine rings is 1. The van der Waals surface area contributed by atoms with Crippen LogP contribution in [-0.4, -0.2) is 67.5 Å². The van der Waals surface area contributed by atoms with E-state index in [4.69, 9.17) is 23.2 Å². The topological polar surface area (TPSA) is 101 Å². The van der Waals surface area contributed by atoms with Crippen molar-refractivity contribution >= 4 is 34.4 Å². The van der Waals surface area contributed by atoms with Gasteiger partial charge in [0.25, 0.3) is 0 Å². The van der Waals surface area contributed by atoms with Gasteiger partial charge < -0.3 is 14.6 Å². The molecule has 4 heterocycles. The molecule has 0 N–H and O–H groups in total. The molecular weight excluding hydrogens is 583 g/mol. The highest BCUT2D eigenvalue weighted by Crippen LogP contribution is 2.36. The Hall–Kier alpha value is -4.69. The standard InChI is InChI=1S/C32H32ClFN8O2/c1-7-25(43)41-13-12-40(16-20(41)15-35-6)30-22-14-23(33)28(21-10-8-9-11-24(21)34)38-31(22)42(32(44)39-30)29-26(18(2)3)36-17-37-27(29)19(4)5/h7-11,14,17-20H,1,12-13,15-16H2,2-5H3/t20-/m0/s1. The average Bonchev–Trinajstić information content (AvgIpc) is 3.00. The van der Waals surface area contributed by atoms with Gasteiger partial charge in [-0.05, 0) is 36.1 Å². The Bertz CT molecular complexity index is 1840. The molecule has 226 valence electrons. The third kappa shape index (κ3) is 5.53. The third-order valence-electron chi connectivity index (χ3n) is 7.67. The van der Waals surface area contributed by atoms with E-state index in [0.717, 1.165) is 0 Å². The van der Waals surface area contributed by atoms with Crippen molar-refractivity contribution in [3.63, 3.8) is 0 Å². The van der Waals surface area contributed by atoms with Crippen molar-refractivity contribution in [1.82, 2.24) is 29.4 Å². The van der Waals surface area contributed by atoms with Crippen LogP contribution in [-0.2, 0) is 4.79 Å². The van der Waals surface area contributed by atoms with E-state index in [2.05, 4.69) is 26.4 Å². The minimum atomic E-state index is -0.619. The second-order valence-electron chi connectivity index (χ2n) is 11.2. The lowest BCUT2D eigenvalue weighted by atomic mass is 10.0. The molecule has 12 heteroatoms. The van der Waals surface area contributed by atoms with Crippen LogP contribution in [0.25, 0.3) is 32.8 Å². The zero-order valence-corrected chi connectivity index (χ0v) is 25.7. The molecule has 0 saturated carbocycles. The fraction of sp³-hybridized carbons (Fsp3) is 0.344. The molecule has 10 nitrogen and oxygen atoms in total. The minimum Gasteiger partial charge on any atom is -0.352 e. The predicted octanol–water partition coefficient (Wildman–Crippen LogP) is 5.40. The van der Waals surface area contributed by atoms with Crippen LogP contribution in [0.1, 0.15) is 50.9 Å².